The second kappa shape index (κ2) is 8.93. The molecular formula is C23H28N4O3. The Labute approximate surface area is 176 Å². The Morgan fingerprint density at radius 3 is 2.93 bits per heavy atom. The molecule has 3 aromatic rings. The van der Waals surface area contributed by atoms with Crippen LogP contribution in [0.3, 0.4) is 0 Å². The maximum absolute atomic E-state index is 11.3. The normalized spacial score (nSPS) is 15.4. The first kappa shape index (κ1) is 20.5. The van der Waals surface area contributed by atoms with Crippen molar-refractivity contribution in [2.24, 2.45) is 5.41 Å². The van der Waals surface area contributed by atoms with Crippen molar-refractivity contribution in [2.45, 2.75) is 20.3 Å². The summed E-state index contributed by atoms with van der Waals surface area (Å²) in [6, 6.07) is 7.94. The zero-order chi connectivity index (χ0) is 21.0. The van der Waals surface area contributed by atoms with Crippen LogP contribution in [0.2, 0.25) is 0 Å². The van der Waals surface area contributed by atoms with Crippen molar-refractivity contribution < 1.29 is 14.3 Å². The third-order valence-electron chi connectivity index (χ3n) is 5.33. The quantitative estimate of drug-likeness (QED) is 0.577. The van der Waals surface area contributed by atoms with E-state index in [1.807, 2.05) is 44.3 Å². The van der Waals surface area contributed by atoms with Crippen LogP contribution in [-0.2, 0) is 16.0 Å². The van der Waals surface area contributed by atoms with Crippen molar-refractivity contribution in [3.05, 3.63) is 42.2 Å². The minimum atomic E-state index is -0.443. The van der Waals surface area contributed by atoms with E-state index in [0.717, 1.165) is 72.9 Å². The predicted molar refractivity (Wildman–Crippen MR) is 116 cm³/mol. The molecule has 0 radical (unpaired) electrons. The number of nitrogens with zero attached hydrogens (tertiary/aromatic N) is 3. The Hall–Kier alpha value is -2.77. The lowest BCUT2D eigenvalue weighted by Crippen LogP contribution is -2.38. The van der Waals surface area contributed by atoms with E-state index in [4.69, 9.17) is 14.5 Å². The highest BCUT2D eigenvalue weighted by Gasteiger charge is 2.20. The number of aromatic nitrogens is 3. The molecule has 3 heterocycles. The standard InChI is InChI=1S/C23H28N4O3/c1-23(2,16-28)13-18-14-24-22-21(18)26-20(15-25-22)17-4-3-5-19(12-17)30-11-8-27-6-9-29-10-7-27/h3-5,12,14-16H,6-11,13H2,1-2H3,(H,24,25). The van der Waals surface area contributed by atoms with Crippen molar-refractivity contribution in [1.82, 2.24) is 19.9 Å². The molecule has 1 fully saturated rings. The monoisotopic (exact) mass is 408 g/mol. The van der Waals surface area contributed by atoms with Gasteiger partial charge in [0, 0.05) is 36.8 Å². The second-order valence-electron chi connectivity index (χ2n) is 8.38. The number of aromatic amines is 1. The number of nitrogens with one attached hydrogen (secondary N) is 1. The molecule has 158 valence electrons. The van der Waals surface area contributed by atoms with Crippen LogP contribution in [-0.4, -0.2) is 65.6 Å². The highest BCUT2D eigenvalue weighted by atomic mass is 16.5. The zero-order valence-electron chi connectivity index (χ0n) is 17.6. The van der Waals surface area contributed by atoms with Gasteiger partial charge in [-0.15, -0.1) is 0 Å². The van der Waals surface area contributed by atoms with Crippen LogP contribution in [0.25, 0.3) is 22.4 Å². The van der Waals surface area contributed by atoms with Gasteiger partial charge in [0.25, 0.3) is 0 Å². The Balaban J connectivity index is 1.49. The molecule has 1 aliphatic heterocycles. The van der Waals surface area contributed by atoms with Crippen LogP contribution in [0.1, 0.15) is 19.4 Å². The zero-order valence-corrected chi connectivity index (χ0v) is 17.6. The lowest BCUT2D eigenvalue weighted by atomic mass is 9.88. The lowest BCUT2D eigenvalue weighted by Gasteiger charge is -2.26. The summed E-state index contributed by atoms with van der Waals surface area (Å²) in [7, 11) is 0. The van der Waals surface area contributed by atoms with E-state index in [0.29, 0.717) is 13.0 Å². The van der Waals surface area contributed by atoms with E-state index < -0.39 is 5.41 Å². The van der Waals surface area contributed by atoms with Crippen molar-refractivity contribution in [3.63, 3.8) is 0 Å². The molecule has 1 aromatic carbocycles. The first-order valence-electron chi connectivity index (χ1n) is 10.4. The third kappa shape index (κ3) is 4.86. The largest absolute Gasteiger partial charge is 0.492 e. The van der Waals surface area contributed by atoms with Crippen LogP contribution in [0.15, 0.2) is 36.7 Å². The maximum Gasteiger partial charge on any atom is 0.156 e. The molecule has 0 bridgehead atoms. The van der Waals surface area contributed by atoms with Gasteiger partial charge in [-0.25, -0.2) is 9.97 Å². The summed E-state index contributed by atoms with van der Waals surface area (Å²) in [5, 5.41) is 0. The third-order valence-corrected chi connectivity index (χ3v) is 5.33. The second-order valence-corrected chi connectivity index (χ2v) is 8.38. The van der Waals surface area contributed by atoms with Gasteiger partial charge in [-0.3, -0.25) is 4.90 Å². The van der Waals surface area contributed by atoms with E-state index in [2.05, 4.69) is 14.9 Å². The van der Waals surface area contributed by atoms with Gasteiger partial charge in [-0.2, -0.15) is 0 Å². The molecule has 0 unspecified atom stereocenters. The van der Waals surface area contributed by atoms with E-state index in [1.165, 1.54) is 0 Å². The Bertz CT molecular complexity index is 1010. The fourth-order valence-electron chi connectivity index (χ4n) is 3.61. The predicted octanol–water partition coefficient (Wildman–Crippen LogP) is 3.10. The summed E-state index contributed by atoms with van der Waals surface area (Å²) in [6.07, 6.45) is 5.26. The molecule has 0 saturated carbocycles. The molecule has 1 aliphatic rings. The number of H-pyrrole nitrogens is 1. The van der Waals surface area contributed by atoms with Crippen molar-refractivity contribution in [3.8, 4) is 17.0 Å². The number of aldehydes is 1. The van der Waals surface area contributed by atoms with Crippen LogP contribution >= 0.6 is 0 Å². The molecule has 1 N–H and O–H groups in total. The van der Waals surface area contributed by atoms with Crippen molar-refractivity contribution >= 4 is 17.5 Å². The fraction of sp³-hybridized carbons (Fsp3) is 0.435. The van der Waals surface area contributed by atoms with Crippen LogP contribution in [0.5, 0.6) is 5.75 Å². The molecular weight excluding hydrogens is 380 g/mol. The lowest BCUT2D eigenvalue weighted by molar-refractivity contribution is -0.114. The van der Waals surface area contributed by atoms with Crippen LogP contribution in [0, 0.1) is 5.41 Å². The summed E-state index contributed by atoms with van der Waals surface area (Å²) in [4.78, 5) is 26.2. The first-order valence-corrected chi connectivity index (χ1v) is 10.4. The number of rotatable bonds is 8. The smallest absolute Gasteiger partial charge is 0.156 e. The molecule has 0 aliphatic carbocycles. The number of ether oxygens (including phenoxy) is 2. The van der Waals surface area contributed by atoms with Gasteiger partial charge in [0.05, 0.1) is 25.1 Å². The molecule has 0 amide bonds. The number of morpholine rings is 1. The minimum Gasteiger partial charge on any atom is -0.492 e. The van der Waals surface area contributed by atoms with Crippen LogP contribution < -0.4 is 4.74 Å². The average molecular weight is 409 g/mol. The molecule has 7 heteroatoms. The summed E-state index contributed by atoms with van der Waals surface area (Å²) in [5.41, 5.74) is 3.82. The summed E-state index contributed by atoms with van der Waals surface area (Å²) in [6.45, 7) is 8.87. The fourth-order valence-corrected chi connectivity index (χ4v) is 3.61. The summed E-state index contributed by atoms with van der Waals surface area (Å²) < 4.78 is 11.4. The average Bonchev–Trinajstić information content (AvgIpc) is 3.16. The van der Waals surface area contributed by atoms with Crippen molar-refractivity contribution in [2.75, 3.05) is 39.5 Å². The molecule has 30 heavy (non-hydrogen) atoms. The number of carbonyl (C=O) groups excluding carboxylic acids is 1. The number of fused-ring (bicyclic) bond motifs is 1. The Morgan fingerprint density at radius 2 is 2.13 bits per heavy atom. The van der Waals surface area contributed by atoms with Gasteiger partial charge in [0.15, 0.2) is 5.65 Å². The number of hydrogen-bond donors (Lipinski definition) is 1. The SMILES string of the molecule is CC(C)(C=O)Cc1c[nH]c2ncc(-c3cccc(OCCN4CCOCC4)c3)nc12. The van der Waals surface area contributed by atoms with E-state index in [1.54, 1.807) is 6.20 Å². The molecule has 4 rings (SSSR count). The molecule has 7 nitrogen and oxygen atoms in total. The van der Waals surface area contributed by atoms with Crippen LogP contribution in [0.4, 0.5) is 0 Å². The maximum atomic E-state index is 11.3. The summed E-state index contributed by atoms with van der Waals surface area (Å²) in [5.74, 6) is 0.819. The van der Waals surface area contributed by atoms with Gasteiger partial charge in [-0.05, 0) is 24.1 Å². The Morgan fingerprint density at radius 1 is 1.30 bits per heavy atom. The summed E-state index contributed by atoms with van der Waals surface area (Å²) >= 11 is 0. The molecule has 0 spiro atoms. The van der Waals surface area contributed by atoms with E-state index in [-0.39, 0.29) is 0 Å². The number of carbonyl (C=O) groups is 1. The van der Waals surface area contributed by atoms with Gasteiger partial charge in [0.1, 0.15) is 24.2 Å². The molecule has 1 saturated heterocycles. The minimum absolute atomic E-state index is 0.443. The highest BCUT2D eigenvalue weighted by molar-refractivity contribution is 5.78. The number of benzene rings is 1. The molecule has 2 aromatic heterocycles. The Kier molecular flexibility index (Phi) is 6.11. The van der Waals surface area contributed by atoms with Gasteiger partial charge >= 0.3 is 0 Å². The highest BCUT2D eigenvalue weighted by Crippen LogP contribution is 2.27. The number of hydrogen-bond acceptors (Lipinski definition) is 6. The van der Waals surface area contributed by atoms with Gasteiger partial charge in [-0.1, -0.05) is 26.0 Å². The topological polar surface area (TPSA) is 80.3 Å². The van der Waals surface area contributed by atoms with E-state index >= 15 is 0 Å². The van der Waals surface area contributed by atoms with E-state index in [9.17, 15) is 4.79 Å². The van der Waals surface area contributed by atoms with Gasteiger partial charge in [0.2, 0.25) is 0 Å². The van der Waals surface area contributed by atoms with Crippen molar-refractivity contribution in [1.29, 1.82) is 0 Å². The molecule has 0 atom stereocenters. The first-order chi connectivity index (χ1) is 14.5. The van der Waals surface area contributed by atoms with Gasteiger partial charge < -0.3 is 19.3 Å².